The minimum Gasteiger partial charge on any atom is -0.480 e. The number of nitrogens with one attached hydrogen (secondary N) is 4. The monoisotopic (exact) mass is 707 g/mol. The zero-order chi connectivity index (χ0) is 35.7. The van der Waals surface area contributed by atoms with E-state index < -0.39 is 56.9 Å². The van der Waals surface area contributed by atoms with Gasteiger partial charge in [0.15, 0.2) is 0 Å². The fourth-order valence-corrected chi connectivity index (χ4v) is 7.10. The number of carboxylic acids is 1. The van der Waals surface area contributed by atoms with Crippen molar-refractivity contribution < 1.29 is 41.5 Å². The van der Waals surface area contributed by atoms with E-state index in [1.165, 1.54) is 59.6 Å². The lowest BCUT2D eigenvalue weighted by atomic mass is 9.88. The van der Waals surface area contributed by atoms with Crippen molar-refractivity contribution in [2.24, 2.45) is 5.92 Å². The van der Waals surface area contributed by atoms with Crippen LogP contribution in [0.3, 0.4) is 0 Å². The Morgan fingerprint density at radius 2 is 1.74 bits per heavy atom. The number of carbonyl (C=O) groups excluding carboxylic acids is 3. The Morgan fingerprint density at radius 1 is 1.06 bits per heavy atom. The van der Waals surface area contributed by atoms with Crippen LogP contribution in [0.25, 0.3) is 11.4 Å². The van der Waals surface area contributed by atoms with Crippen molar-refractivity contribution in [2.75, 3.05) is 29.8 Å². The Balaban J connectivity index is 1.13. The number of imide groups is 1. The molecule has 0 spiro atoms. The van der Waals surface area contributed by atoms with Crippen LogP contribution in [0.2, 0.25) is 0 Å². The lowest BCUT2D eigenvalue weighted by Crippen LogP contribution is -2.65. The number of nitrogens with zero attached hydrogens (tertiary/aromatic N) is 3. The molecule has 50 heavy (non-hydrogen) atoms. The number of fused-ring (bicyclic) bond motifs is 1. The predicted molar refractivity (Wildman–Crippen MR) is 176 cm³/mol. The zero-order valence-electron chi connectivity index (χ0n) is 26.4. The van der Waals surface area contributed by atoms with Crippen LogP contribution >= 0.6 is 0 Å². The predicted octanol–water partition coefficient (Wildman–Crippen LogP) is 2.96. The first-order valence-electron chi connectivity index (χ1n) is 15.4. The molecule has 3 heterocycles. The van der Waals surface area contributed by atoms with E-state index in [1.807, 2.05) is 0 Å². The molecule has 2 fully saturated rings. The lowest BCUT2D eigenvalue weighted by Gasteiger charge is -2.45. The Kier molecular flexibility index (Phi) is 9.35. The van der Waals surface area contributed by atoms with E-state index in [2.05, 4.69) is 25.3 Å². The maximum atomic E-state index is 15.1. The van der Waals surface area contributed by atoms with E-state index in [9.17, 15) is 32.7 Å². The van der Waals surface area contributed by atoms with E-state index in [0.717, 1.165) is 4.90 Å². The molecule has 260 valence electrons. The minimum atomic E-state index is -4.29. The number of aromatic amines is 1. The van der Waals surface area contributed by atoms with E-state index in [0.29, 0.717) is 48.6 Å². The molecule has 6 rings (SSSR count). The van der Waals surface area contributed by atoms with Crippen molar-refractivity contribution in [3.8, 4) is 11.4 Å². The number of urea groups is 1. The molecule has 3 aromatic carbocycles. The van der Waals surface area contributed by atoms with Crippen LogP contribution in [0.15, 0.2) is 78.0 Å². The summed E-state index contributed by atoms with van der Waals surface area (Å²) in [6.45, 7) is 1.15. The number of halogens is 2. The summed E-state index contributed by atoms with van der Waals surface area (Å²) >= 11 is 0. The molecule has 0 aliphatic carbocycles. The first-order chi connectivity index (χ1) is 23.8. The fraction of sp³-hybridized carbons (Fsp3) is 0.242. The van der Waals surface area contributed by atoms with E-state index in [1.54, 1.807) is 13.2 Å². The van der Waals surface area contributed by atoms with Crippen molar-refractivity contribution in [1.82, 2.24) is 25.5 Å². The number of sulfonamides is 1. The van der Waals surface area contributed by atoms with Gasteiger partial charge in [-0.3, -0.25) is 14.3 Å². The molecule has 2 unspecified atom stereocenters. The summed E-state index contributed by atoms with van der Waals surface area (Å²) in [5.41, 5.74) is -0.343. The van der Waals surface area contributed by atoms with Gasteiger partial charge in [0, 0.05) is 38.0 Å². The van der Waals surface area contributed by atoms with Gasteiger partial charge in [-0.05, 0) is 67.1 Å². The van der Waals surface area contributed by atoms with Crippen molar-refractivity contribution >= 4 is 45.2 Å². The maximum absolute atomic E-state index is 15.1. The van der Waals surface area contributed by atoms with Gasteiger partial charge in [-0.15, -0.1) is 0 Å². The zero-order valence-corrected chi connectivity index (χ0v) is 27.2. The smallest absolute Gasteiger partial charge is 0.331 e. The molecule has 2 aliphatic rings. The number of piperidine rings is 1. The molecule has 3 atom stereocenters. The van der Waals surface area contributed by atoms with Crippen molar-refractivity contribution in [1.29, 1.82) is 0 Å². The van der Waals surface area contributed by atoms with Gasteiger partial charge in [0.2, 0.25) is 5.91 Å². The van der Waals surface area contributed by atoms with Crippen LogP contribution in [0, 0.1) is 17.6 Å². The third-order valence-corrected chi connectivity index (χ3v) is 10.1. The highest BCUT2D eigenvalue weighted by atomic mass is 32.2. The Bertz CT molecular complexity index is 2040. The van der Waals surface area contributed by atoms with Crippen LogP contribution in [0.5, 0.6) is 0 Å². The molecule has 0 radical (unpaired) electrons. The number of anilines is 2. The van der Waals surface area contributed by atoms with Crippen LogP contribution in [0.1, 0.15) is 22.3 Å². The summed E-state index contributed by atoms with van der Waals surface area (Å²) in [6.07, 6.45) is 3.39. The van der Waals surface area contributed by atoms with Gasteiger partial charge in [-0.1, -0.05) is 12.1 Å². The first kappa shape index (κ1) is 34.2. The normalized spacial score (nSPS) is 18.4. The number of rotatable bonds is 10. The summed E-state index contributed by atoms with van der Waals surface area (Å²) in [5.74, 6) is -5.93. The number of H-pyrrole nitrogens is 1. The third-order valence-electron chi connectivity index (χ3n) is 8.67. The van der Waals surface area contributed by atoms with Crippen LogP contribution in [0.4, 0.5) is 25.0 Å². The summed E-state index contributed by atoms with van der Waals surface area (Å²) in [7, 11) is -2.67. The largest absolute Gasteiger partial charge is 0.480 e. The van der Waals surface area contributed by atoms with Crippen molar-refractivity contribution in [2.45, 2.75) is 29.8 Å². The second-order valence-corrected chi connectivity index (χ2v) is 13.5. The van der Waals surface area contributed by atoms with E-state index >= 15 is 8.78 Å². The molecule has 5 N–H and O–H groups in total. The van der Waals surface area contributed by atoms with Gasteiger partial charge in [0.25, 0.3) is 15.9 Å². The number of carboxylic acid groups (broad SMARTS) is 1. The Labute approximate surface area is 284 Å². The number of likely N-dealkylation sites (N-methyl/N-ethyl adjacent to an activating group) is 1. The van der Waals surface area contributed by atoms with Gasteiger partial charge in [0.1, 0.15) is 29.1 Å². The molecule has 1 aromatic heterocycles. The molecule has 14 nitrogen and oxygen atoms in total. The molecule has 4 aromatic rings. The second kappa shape index (κ2) is 13.7. The highest BCUT2D eigenvalue weighted by Crippen LogP contribution is 2.31. The average Bonchev–Trinajstić information content (AvgIpc) is 3.63. The molecule has 0 saturated carbocycles. The van der Waals surface area contributed by atoms with Gasteiger partial charge in [-0.25, -0.2) is 36.7 Å². The average molecular weight is 708 g/mol. The van der Waals surface area contributed by atoms with Crippen molar-refractivity contribution in [3.63, 3.8) is 0 Å². The molecule has 2 saturated heterocycles. The Hall–Kier alpha value is -5.68. The summed E-state index contributed by atoms with van der Waals surface area (Å²) in [4.78, 5) is 60.6. The molecular formula is C33H31F2N7O7S. The maximum Gasteiger partial charge on any atom is 0.331 e. The lowest BCUT2D eigenvalue weighted by molar-refractivity contribution is -0.139. The topological polar surface area (TPSA) is 194 Å². The molecular weight excluding hydrogens is 676 g/mol. The standard InChI is InChI=1S/C33H31F2N7O7S/c1-41-27-17-36-11-10-23(27)31(44)42(33(41)47)21-6-2-18(3-7-21)14-26(32(45)46)39-30(43)28-24(34)15-20(16-25(28)35)40-50(48,49)22-8-4-19(5-9-22)29-37-12-13-38-29/h2-9,12-13,15-16,23,26-27,36,40H,10-11,14,17H2,1H3,(H,37,38)(H,39,43)(H,45,46)/t23?,26-,27?/m0/s1. The number of benzene rings is 3. The quantitative estimate of drug-likeness (QED) is 0.165. The number of carbonyl (C=O) groups is 4. The number of amides is 4. The summed E-state index contributed by atoms with van der Waals surface area (Å²) < 4.78 is 58.0. The van der Waals surface area contributed by atoms with Crippen LogP contribution in [-0.2, 0) is 26.0 Å². The Morgan fingerprint density at radius 3 is 2.36 bits per heavy atom. The van der Waals surface area contributed by atoms with Gasteiger partial charge in [-0.2, -0.15) is 0 Å². The second-order valence-electron chi connectivity index (χ2n) is 11.9. The SMILES string of the molecule is CN1C(=O)N(c2ccc(C[C@H](NC(=O)c3c(F)cc(NS(=O)(=O)c4ccc(-c5ncc[nH]5)cc4)cc3F)C(=O)O)cc2)C(=O)C2CCNCC21. The third kappa shape index (κ3) is 6.77. The number of aliphatic carboxylic acids is 1. The highest BCUT2D eigenvalue weighted by Gasteiger charge is 2.46. The summed E-state index contributed by atoms with van der Waals surface area (Å²) in [5, 5.41) is 15.1. The number of aromatic nitrogens is 2. The minimum absolute atomic E-state index is 0.204. The van der Waals surface area contributed by atoms with E-state index in [4.69, 9.17) is 0 Å². The molecule has 0 bridgehead atoms. The number of hydrogen-bond donors (Lipinski definition) is 5. The van der Waals surface area contributed by atoms with Gasteiger partial charge in [0.05, 0.1) is 28.2 Å². The first-order valence-corrected chi connectivity index (χ1v) is 16.9. The highest BCUT2D eigenvalue weighted by molar-refractivity contribution is 7.92. The number of imidazole rings is 1. The van der Waals surface area contributed by atoms with E-state index in [-0.39, 0.29) is 34.9 Å². The molecule has 17 heteroatoms. The van der Waals surface area contributed by atoms with Crippen LogP contribution in [-0.4, -0.2) is 84.4 Å². The fourth-order valence-electron chi connectivity index (χ4n) is 6.06. The molecule has 4 amide bonds. The number of hydrogen-bond acceptors (Lipinski definition) is 8. The van der Waals surface area contributed by atoms with Gasteiger partial charge >= 0.3 is 12.0 Å². The van der Waals surface area contributed by atoms with Crippen LogP contribution < -0.4 is 20.3 Å². The van der Waals surface area contributed by atoms with Gasteiger partial charge < -0.3 is 25.6 Å². The molecule has 2 aliphatic heterocycles. The summed E-state index contributed by atoms with van der Waals surface area (Å²) in [6, 6.07) is 10.3. The van der Waals surface area contributed by atoms with Crippen molar-refractivity contribution in [3.05, 3.63) is 95.8 Å².